The van der Waals surface area contributed by atoms with Gasteiger partial charge in [0.2, 0.25) is 5.91 Å². The van der Waals surface area contributed by atoms with Gasteiger partial charge in [-0.05, 0) is 34.5 Å². The summed E-state index contributed by atoms with van der Waals surface area (Å²) in [6.45, 7) is 1.93. The lowest BCUT2D eigenvalue weighted by Crippen LogP contribution is -2.34. The van der Waals surface area contributed by atoms with Gasteiger partial charge < -0.3 is 16.2 Å². The summed E-state index contributed by atoms with van der Waals surface area (Å²) in [5.41, 5.74) is 5.82. The lowest BCUT2D eigenvalue weighted by Gasteiger charge is -2.10. The van der Waals surface area contributed by atoms with Crippen LogP contribution < -0.4 is 11.1 Å². The lowest BCUT2D eigenvalue weighted by molar-refractivity contribution is -0.125. The fourth-order valence-corrected chi connectivity index (χ4v) is 1.47. The molecule has 0 spiro atoms. The van der Waals surface area contributed by atoms with Gasteiger partial charge in [-0.15, -0.1) is 0 Å². The predicted molar refractivity (Wildman–Crippen MR) is 60.4 cm³/mol. The number of amides is 1. The van der Waals surface area contributed by atoms with E-state index in [-0.39, 0.29) is 6.54 Å². The van der Waals surface area contributed by atoms with E-state index >= 15 is 0 Å². The molecule has 1 amide bonds. The molecule has 0 fully saturated rings. The van der Waals surface area contributed by atoms with Gasteiger partial charge in [0.05, 0.1) is 6.54 Å². The molecule has 1 aromatic heterocycles. The summed E-state index contributed by atoms with van der Waals surface area (Å²) < 4.78 is 0.876. The molecule has 6 heteroatoms. The van der Waals surface area contributed by atoms with E-state index < -0.39 is 12.0 Å². The number of hydrogen-bond donors (Lipinski definition) is 3. The SMILES string of the molecule is Cc1cc(Br)cnc1NCC(O)C(N)=O. The number of pyridine rings is 1. The molecule has 0 aliphatic rings. The Morgan fingerprint density at radius 2 is 2.47 bits per heavy atom. The minimum atomic E-state index is -1.20. The van der Waals surface area contributed by atoms with Gasteiger partial charge in [0.1, 0.15) is 11.9 Å². The lowest BCUT2D eigenvalue weighted by atomic mass is 10.2. The molecule has 0 saturated carbocycles. The molecule has 0 aliphatic carbocycles. The maximum Gasteiger partial charge on any atom is 0.248 e. The van der Waals surface area contributed by atoms with E-state index in [9.17, 15) is 4.79 Å². The van der Waals surface area contributed by atoms with Gasteiger partial charge >= 0.3 is 0 Å². The number of anilines is 1. The van der Waals surface area contributed by atoms with E-state index in [0.29, 0.717) is 5.82 Å². The summed E-state index contributed by atoms with van der Waals surface area (Å²) in [6.07, 6.45) is 0.432. The number of nitrogens with zero attached hydrogens (tertiary/aromatic N) is 1. The van der Waals surface area contributed by atoms with E-state index in [1.807, 2.05) is 13.0 Å². The maximum absolute atomic E-state index is 10.6. The zero-order chi connectivity index (χ0) is 11.4. The van der Waals surface area contributed by atoms with E-state index in [2.05, 4.69) is 26.2 Å². The molecule has 1 unspecified atom stereocenters. The van der Waals surface area contributed by atoms with Crippen LogP contribution in [-0.4, -0.2) is 28.6 Å². The van der Waals surface area contributed by atoms with Gasteiger partial charge in [-0.3, -0.25) is 4.79 Å². The average Bonchev–Trinajstić information content (AvgIpc) is 2.15. The number of hydrogen-bond acceptors (Lipinski definition) is 4. The van der Waals surface area contributed by atoms with Crippen LogP contribution >= 0.6 is 15.9 Å². The van der Waals surface area contributed by atoms with Crippen molar-refractivity contribution in [1.29, 1.82) is 0 Å². The zero-order valence-corrected chi connectivity index (χ0v) is 9.78. The fourth-order valence-electron chi connectivity index (χ4n) is 1.02. The van der Waals surface area contributed by atoms with E-state index in [0.717, 1.165) is 10.0 Å². The summed E-state index contributed by atoms with van der Waals surface area (Å²) >= 11 is 3.29. The van der Waals surface area contributed by atoms with Crippen molar-refractivity contribution in [1.82, 2.24) is 4.98 Å². The molecule has 0 aliphatic heterocycles. The standard InChI is InChI=1S/C9H12BrN3O2/c1-5-2-6(10)3-12-9(5)13-4-7(14)8(11)15/h2-3,7,14H,4H2,1H3,(H2,11,15)(H,12,13). The highest BCUT2D eigenvalue weighted by Gasteiger charge is 2.10. The molecule has 1 aromatic rings. The number of aromatic nitrogens is 1. The highest BCUT2D eigenvalue weighted by Crippen LogP contribution is 2.16. The third-order valence-corrected chi connectivity index (χ3v) is 2.27. The van der Waals surface area contributed by atoms with Crippen LogP contribution in [0.3, 0.4) is 0 Å². The Kier molecular flexibility index (Phi) is 4.05. The number of carbonyl (C=O) groups excluding carboxylic acids is 1. The molecule has 15 heavy (non-hydrogen) atoms. The van der Waals surface area contributed by atoms with Crippen molar-refractivity contribution in [3.8, 4) is 0 Å². The van der Waals surface area contributed by atoms with Gasteiger partial charge in [-0.2, -0.15) is 0 Å². The minimum Gasteiger partial charge on any atom is -0.381 e. The molecule has 0 radical (unpaired) electrons. The van der Waals surface area contributed by atoms with Crippen LogP contribution in [0.15, 0.2) is 16.7 Å². The number of primary amides is 1. The van der Waals surface area contributed by atoms with Gasteiger partial charge in [0.25, 0.3) is 0 Å². The molecule has 1 atom stereocenters. The Hall–Kier alpha value is -1.14. The van der Waals surface area contributed by atoms with Crippen molar-refractivity contribution in [3.05, 3.63) is 22.3 Å². The third-order valence-electron chi connectivity index (χ3n) is 1.84. The van der Waals surface area contributed by atoms with Gasteiger partial charge in [-0.25, -0.2) is 4.98 Å². The molecule has 4 N–H and O–H groups in total. The molecule has 0 saturated heterocycles. The molecule has 82 valence electrons. The Labute approximate surface area is 95.8 Å². The summed E-state index contributed by atoms with van der Waals surface area (Å²) in [5.74, 6) is -0.129. The Morgan fingerprint density at radius 1 is 1.80 bits per heavy atom. The first-order valence-electron chi connectivity index (χ1n) is 4.34. The van der Waals surface area contributed by atoms with Crippen molar-refractivity contribution >= 4 is 27.7 Å². The number of aliphatic hydroxyl groups excluding tert-OH is 1. The topological polar surface area (TPSA) is 88.2 Å². The predicted octanol–water partition coefficient (Wildman–Crippen LogP) is 0.411. The fraction of sp³-hybridized carbons (Fsp3) is 0.333. The van der Waals surface area contributed by atoms with Crippen LogP contribution in [0.1, 0.15) is 5.56 Å². The number of nitrogens with one attached hydrogen (secondary N) is 1. The molecular formula is C9H12BrN3O2. The van der Waals surface area contributed by atoms with Crippen LogP contribution in [0.2, 0.25) is 0 Å². The number of aliphatic hydroxyl groups is 1. The normalized spacial score (nSPS) is 12.2. The van der Waals surface area contributed by atoms with Crippen molar-refractivity contribution in [2.45, 2.75) is 13.0 Å². The number of halogens is 1. The summed E-state index contributed by atoms with van der Waals surface area (Å²) in [5, 5.41) is 12.0. The smallest absolute Gasteiger partial charge is 0.248 e. The van der Waals surface area contributed by atoms with Crippen molar-refractivity contribution in [3.63, 3.8) is 0 Å². The van der Waals surface area contributed by atoms with E-state index in [4.69, 9.17) is 10.8 Å². The highest BCUT2D eigenvalue weighted by molar-refractivity contribution is 9.10. The van der Waals surface area contributed by atoms with Gasteiger partial charge in [-0.1, -0.05) is 0 Å². The number of rotatable bonds is 4. The second kappa shape index (κ2) is 5.09. The van der Waals surface area contributed by atoms with E-state index in [1.165, 1.54) is 0 Å². The zero-order valence-electron chi connectivity index (χ0n) is 8.20. The summed E-state index contributed by atoms with van der Waals surface area (Å²) in [7, 11) is 0. The molecule has 1 rings (SSSR count). The van der Waals surface area contributed by atoms with Crippen molar-refractivity contribution in [2.24, 2.45) is 5.73 Å². The second-order valence-corrected chi connectivity index (χ2v) is 4.03. The first kappa shape index (κ1) is 11.9. The monoisotopic (exact) mass is 273 g/mol. The molecule has 1 heterocycles. The van der Waals surface area contributed by atoms with Crippen LogP contribution in [0.5, 0.6) is 0 Å². The van der Waals surface area contributed by atoms with Crippen molar-refractivity contribution < 1.29 is 9.90 Å². The molecular weight excluding hydrogens is 262 g/mol. The first-order chi connectivity index (χ1) is 7.00. The quantitative estimate of drug-likeness (QED) is 0.742. The highest BCUT2D eigenvalue weighted by atomic mass is 79.9. The van der Waals surface area contributed by atoms with E-state index in [1.54, 1.807) is 6.20 Å². The first-order valence-corrected chi connectivity index (χ1v) is 5.13. The van der Waals surface area contributed by atoms with Gasteiger partial charge in [0, 0.05) is 10.7 Å². The number of aryl methyl sites for hydroxylation is 1. The summed E-state index contributed by atoms with van der Waals surface area (Å²) in [6, 6.07) is 1.88. The second-order valence-electron chi connectivity index (χ2n) is 3.12. The largest absolute Gasteiger partial charge is 0.381 e. The minimum absolute atomic E-state index is 0.0603. The Bertz CT molecular complexity index is 370. The summed E-state index contributed by atoms with van der Waals surface area (Å²) in [4.78, 5) is 14.7. The molecule has 0 bridgehead atoms. The third kappa shape index (κ3) is 3.49. The average molecular weight is 274 g/mol. The Balaban J connectivity index is 2.62. The number of nitrogens with two attached hydrogens (primary N) is 1. The molecule has 5 nitrogen and oxygen atoms in total. The Morgan fingerprint density at radius 3 is 3.00 bits per heavy atom. The van der Waals surface area contributed by atoms with Crippen LogP contribution in [0.25, 0.3) is 0 Å². The van der Waals surface area contributed by atoms with Crippen LogP contribution in [-0.2, 0) is 4.79 Å². The maximum atomic E-state index is 10.6. The number of carbonyl (C=O) groups is 1. The van der Waals surface area contributed by atoms with Crippen molar-refractivity contribution in [2.75, 3.05) is 11.9 Å². The van der Waals surface area contributed by atoms with Crippen LogP contribution in [0, 0.1) is 6.92 Å². The molecule has 0 aromatic carbocycles. The van der Waals surface area contributed by atoms with Crippen LogP contribution in [0.4, 0.5) is 5.82 Å². The van der Waals surface area contributed by atoms with Gasteiger partial charge in [0.15, 0.2) is 0 Å².